The SMILES string of the molecule is CCc1ccsc1C(=O)N(C)C1CCNC1. The summed E-state index contributed by atoms with van der Waals surface area (Å²) in [5.41, 5.74) is 1.17. The Morgan fingerprint density at radius 3 is 3.12 bits per heavy atom. The highest BCUT2D eigenvalue weighted by atomic mass is 32.1. The van der Waals surface area contributed by atoms with E-state index in [-0.39, 0.29) is 5.91 Å². The molecule has 88 valence electrons. The molecule has 0 radical (unpaired) electrons. The third-order valence-electron chi connectivity index (χ3n) is 3.22. The van der Waals surface area contributed by atoms with E-state index < -0.39 is 0 Å². The zero-order valence-electron chi connectivity index (χ0n) is 9.82. The molecule has 0 saturated carbocycles. The standard InChI is InChI=1S/C12H18N2OS/c1-3-9-5-7-16-11(9)12(15)14(2)10-4-6-13-8-10/h5,7,10,13H,3-4,6,8H2,1-2H3. The number of likely N-dealkylation sites (N-methyl/N-ethyl adjacent to an activating group) is 1. The largest absolute Gasteiger partial charge is 0.337 e. The van der Waals surface area contributed by atoms with Gasteiger partial charge in [-0.15, -0.1) is 11.3 Å². The highest BCUT2D eigenvalue weighted by Crippen LogP contribution is 2.21. The number of carbonyl (C=O) groups is 1. The molecule has 4 heteroatoms. The van der Waals surface area contributed by atoms with Crippen molar-refractivity contribution in [1.82, 2.24) is 10.2 Å². The Kier molecular flexibility index (Phi) is 3.61. The lowest BCUT2D eigenvalue weighted by molar-refractivity contribution is 0.0747. The van der Waals surface area contributed by atoms with E-state index in [0.29, 0.717) is 6.04 Å². The monoisotopic (exact) mass is 238 g/mol. The number of carbonyl (C=O) groups excluding carboxylic acids is 1. The van der Waals surface area contributed by atoms with Gasteiger partial charge < -0.3 is 10.2 Å². The van der Waals surface area contributed by atoms with Gasteiger partial charge in [0.05, 0.1) is 4.88 Å². The highest BCUT2D eigenvalue weighted by Gasteiger charge is 2.25. The Balaban J connectivity index is 2.11. The second-order valence-electron chi connectivity index (χ2n) is 4.19. The Morgan fingerprint density at radius 1 is 1.69 bits per heavy atom. The normalized spacial score (nSPS) is 20.0. The van der Waals surface area contributed by atoms with E-state index in [4.69, 9.17) is 0 Å². The van der Waals surface area contributed by atoms with Crippen LogP contribution in [0.25, 0.3) is 0 Å². The lowest BCUT2D eigenvalue weighted by atomic mass is 10.1. The van der Waals surface area contributed by atoms with Gasteiger partial charge in [-0.05, 0) is 36.4 Å². The van der Waals surface area contributed by atoms with Gasteiger partial charge in [-0.3, -0.25) is 4.79 Å². The fraction of sp³-hybridized carbons (Fsp3) is 0.583. The number of amides is 1. The summed E-state index contributed by atoms with van der Waals surface area (Å²) in [5.74, 6) is 0.181. The van der Waals surface area contributed by atoms with Gasteiger partial charge in [-0.2, -0.15) is 0 Å². The Labute approximate surface area is 100 Å². The van der Waals surface area contributed by atoms with E-state index in [9.17, 15) is 4.79 Å². The van der Waals surface area contributed by atoms with E-state index >= 15 is 0 Å². The van der Waals surface area contributed by atoms with Gasteiger partial charge in [0.15, 0.2) is 0 Å². The molecule has 2 rings (SSSR count). The van der Waals surface area contributed by atoms with Crippen LogP contribution in [0.5, 0.6) is 0 Å². The van der Waals surface area contributed by atoms with Crippen LogP contribution < -0.4 is 5.32 Å². The van der Waals surface area contributed by atoms with E-state index in [2.05, 4.69) is 18.3 Å². The Hall–Kier alpha value is -0.870. The zero-order chi connectivity index (χ0) is 11.5. The van der Waals surface area contributed by atoms with Gasteiger partial charge in [-0.25, -0.2) is 0 Å². The first kappa shape index (κ1) is 11.6. The van der Waals surface area contributed by atoms with Crippen molar-refractivity contribution in [2.75, 3.05) is 20.1 Å². The summed E-state index contributed by atoms with van der Waals surface area (Å²) in [6, 6.07) is 2.41. The number of rotatable bonds is 3. The average molecular weight is 238 g/mol. The Morgan fingerprint density at radius 2 is 2.50 bits per heavy atom. The molecule has 16 heavy (non-hydrogen) atoms. The minimum absolute atomic E-state index is 0.181. The molecule has 1 aromatic heterocycles. The molecule has 1 N–H and O–H groups in total. The fourth-order valence-electron chi connectivity index (χ4n) is 2.10. The van der Waals surface area contributed by atoms with Crippen LogP contribution >= 0.6 is 11.3 Å². The van der Waals surface area contributed by atoms with Crippen LogP contribution in [-0.4, -0.2) is 37.0 Å². The molecule has 1 aromatic rings. The summed E-state index contributed by atoms with van der Waals surface area (Å²) in [6.07, 6.45) is 2.00. The number of nitrogens with zero attached hydrogens (tertiary/aromatic N) is 1. The molecule has 1 aliphatic rings. The third-order valence-corrected chi connectivity index (χ3v) is 4.17. The van der Waals surface area contributed by atoms with Crippen molar-refractivity contribution in [3.05, 3.63) is 21.9 Å². The molecule has 1 aliphatic heterocycles. The minimum Gasteiger partial charge on any atom is -0.337 e. The van der Waals surface area contributed by atoms with Crippen LogP contribution in [0.2, 0.25) is 0 Å². The van der Waals surface area contributed by atoms with Crippen molar-refractivity contribution in [3.63, 3.8) is 0 Å². The minimum atomic E-state index is 0.181. The van der Waals surface area contributed by atoms with Gasteiger partial charge in [0.1, 0.15) is 0 Å². The summed E-state index contributed by atoms with van der Waals surface area (Å²) >= 11 is 1.56. The van der Waals surface area contributed by atoms with Gasteiger partial charge in [0.2, 0.25) is 0 Å². The molecular formula is C12H18N2OS. The van der Waals surface area contributed by atoms with E-state index in [0.717, 1.165) is 30.8 Å². The predicted molar refractivity (Wildman–Crippen MR) is 67.1 cm³/mol. The highest BCUT2D eigenvalue weighted by molar-refractivity contribution is 7.12. The molecule has 0 aliphatic carbocycles. The maximum atomic E-state index is 12.3. The first-order chi connectivity index (χ1) is 7.74. The van der Waals surface area contributed by atoms with Crippen LogP contribution in [0.4, 0.5) is 0 Å². The molecule has 2 heterocycles. The van der Waals surface area contributed by atoms with Gasteiger partial charge in [-0.1, -0.05) is 6.92 Å². The number of hydrogen-bond acceptors (Lipinski definition) is 3. The quantitative estimate of drug-likeness (QED) is 0.870. The summed E-state index contributed by atoms with van der Waals surface area (Å²) < 4.78 is 0. The first-order valence-electron chi connectivity index (χ1n) is 5.78. The first-order valence-corrected chi connectivity index (χ1v) is 6.66. The summed E-state index contributed by atoms with van der Waals surface area (Å²) in [7, 11) is 1.92. The van der Waals surface area contributed by atoms with Crippen molar-refractivity contribution in [2.45, 2.75) is 25.8 Å². The smallest absolute Gasteiger partial charge is 0.264 e. The lowest BCUT2D eigenvalue weighted by Gasteiger charge is -2.23. The molecule has 1 amide bonds. The molecule has 1 atom stereocenters. The molecule has 0 bridgehead atoms. The third kappa shape index (κ3) is 2.13. The van der Waals surface area contributed by atoms with Gasteiger partial charge >= 0.3 is 0 Å². The summed E-state index contributed by atoms with van der Waals surface area (Å²) in [4.78, 5) is 15.1. The maximum absolute atomic E-state index is 12.3. The van der Waals surface area contributed by atoms with Crippen molar-refractivity contribution < 1.29 is 4.79 Å². The van der Waals surface area contributed by atoms with Crippen molar-refractivity contribution in [1.29, 1.82) is 0 Å². The lowest BCUT2D eigenvalue weighted by Crippen LogP contribution is -2.38. The molecule has 1 saturated heterocycles. The summed E-state index contributed by atoms with van der Waals surface area (Å²) in [5, 5.41) is 5.30. The van der Waals surface area contributed by atoms with Gasteiger partial charge in [0.25, 0.3) is 5.91 Å². The molecular weight excluding hydrogens is 220 g/mol. The van der Waals surface area contributed by atoms with Gasteiger partial charge in [0, 0.05) is 19.6 Å². The van der Waals surface area contributed by atoms with Crippen LogP contribution in [0.3, 0.4) is 0 Å². The van der Waals surface area contributed by atoms with E-state index in [1.165, 1.54) is 5.56 Å². The van der Waals surface area contributed by atoms with Crippen molar-refractivity contribution in [3.8, 4) is 0 Å². The Bertz CT molecular complexity index is 369. The molecule has 3 nitrogen and oxygen atoms in total. The summed E-state index contributed by atoms with van der Waals surface area (Å²) in [6.45, 7) is 4.04. The second kappa shape index (κ2) is 4.97. The van der Waals surface area contributed by atoms with Crippen LogP contribution in [0, 0.1) is 0 Å². The molecule has 0 spiro atoms. The number of thiophene rings is 1. The number of aryl methyl sites for hydroxylation is 1. The number of hydrogen-bond donors (Lipinski definition) is 1. The maximum Gasteiger partial charge on any atom is 0.264 e. The fourth-order valence-corrected chi connectivity index (χ4v) is 3.07. The molecule has 0 aromatic carbocycles. The second-order valence-corrected chi connectivity index (χ2v) is 5.11. The predicted octanol–water partition coefficient (Wildman–Crippen LogP) is 1.74. The van der Waals surface area contributed by atoms with Crippen LogP contribution in [0.1, 0.15) is 28.6 Å². The van der Waals surface area contributed by atoms with E-state index in [1.807, 2.05) is 17.3 Å². The number of nitrogens with one attached hydrogen (secondary N) is 1. The topological polar surface area (TPSA) is 32.3 Å². The van der Waals surface area contributed by atoms with Crippen molar-refractivity contribution in [2.24, 2.45) is 0 Å². The van der Waals surface area contributed by atoms with Crippen LogP contribution in [-0.2, 0) is 6.42 Å². The zero-order valence-corrected chi connectivity index (χ0v) is 10.6. The van der Waals surface area contributed by atoms with E-state index in [1.54, 1.807) is 11.3 Å². The molecule has 1 unspecified atom stereocenters. The van der Waals surface area contributed by atoms with Crippen LogP contribution in [0.15, 0.2) is 11.4 Å². The molecule has 1 fully saturated rings. The average Bonchev–Trinajstić information content (AvgIpc) is 2.97. The van der Waals surface area contributed by atoms with Crippen molar-refractivity contribution >= 4 is 17.2 Å².